The zero-order chi connectivity index (χ0) is 14.0. The maximum absolute atomic E-state index is 13.8. The van der Waals surface area contributed by atoms with Crippen molar-refractivity contribution in [3.63, 3.8) is 0 Å². The van der Waals surface area contributed by atoms with Gasteiger partial charge in [0.25, 0.3) is 0 Å². The first-order chi connectivity index (χ1) is 9.00. The summed E-state index contributed by atoms with van der Waals surface area (Å²) in [5.74, 6) is -0.391. The van der Waals surface area contributed by atoms with E-state index in [1.165, 1.54) is 19.1 Å². The maximum Gasteiger partial charge on any atom is 0.168 e. The fourth-order valence-electron chi connectivity index (χ4n) is 1.63. The van der Waals surface area contributed by atoms with Gasteiger partial charge in [0.15, 0.2) is 11.6 Å². The third-order valence-corrected chi connectivity index (χ3v) is 3.38. The Balaban J connectivity index is 2.46. The van der Waals surface area contributed by atoms with Crippen LogP contribution in [0.15, 0.2) is 36.4 Å². The molecule has 1 atom stereocenters. The second-order valence-electron chi connectivity index (χ2n) is 3.99. The molecule has 0 unspecified atom stereocenters. The van der Waals surface area contributed by atoms with Crippen LogP contribution >= 0.6 is 23.2 Å². The molecule has 0 aliphatic carbocycles. The molecular formula is C14H11Cl2FO2. The number of ether oxygens (including phenoxy) is 1. The summed E-state index contributed by atoms with van der Waals surface area (Å²) in [7, 11) is 0. The Hall–Kier alpha value is -1.29. The normalized spacial score (nSPS) is 12.3. The first-order valence-corrected chi connectivity index (χ1v) is 6.34. The number of hydrogen-bond donors (Lipinski definition) is 1. The van der Waals surface area contributed by atoms with Gasteiger partial charge in [0.2, 0.25) is 0 Å². The van der Waals surface area contributed by atoms with E-state index in [9.17, 15) is 9.50 Å². The lowest BCUT2D eigenvalue weighted by Gasteiger charge is -2.15. The van der Waals surface area contributed by atoms with Crippen LogP contribution in [-0.2, 0) is 0 Å². The van der Waals surface area contributed by atoms with Crippen molar-refractivity contribution in [2.45, 2.75) is 13.0 Å². The van der Waals surface area contributed by atoms with Gasteiger partial charge < -0.3 is 9.84 Å². The topological polar surface area (TPSA) is 29.5 Å². The Bertz CT molecular complexity index is 600. The molecular weight excluding hydrogens is 290 g/mol. The highest BCUT2D eigenvalue weighted by molar-refractivity contribution is 6.42. The molecule has 5 heteroatoms. The molecule has 0 spiro atoms. The molecule has 2 rings (SSSR count). The lowest BCUT2D eigenvalue weighted by atomic mass is 10.1. The molecule has 0 fully saturated rings. The summed E-state index contributed by atoms with van der Waals surface area (Å²) in [5.41, 5.74) is 0.344. The quantitative estimate of drug-likeness (QED) is 0.866. The standard InChI is InChI=1S/C14H11Cl2FO2/c1-8(18)9-4-2-6-11(17)14(9)19-12-7-3-5-10(15)13(12)16/h2-8,18H,1H3/t8-/m0/s1. The van der Waals surface area contributed by atoms with E-state index < -0.39 is 11.9 Å². The van der Waals surface area contributed by atoms with Crippen molar-refractivity contribution in [3.8, 4) is 11.5 Å². The monoisotopic (exact) mass is 300 g/mol. The minimum atomic E-state index is -0.858. The number of aliphatic hydroxyl groups excluding tert-OH is 1. The number of rotatable bonds is 3. The summed E-state index contributed by atoms with van der Waals surface area (Å²) in [6, 6.07) is 9.16. The van der Waals surface area contributed by atoms with Crippen LogP contribution in [0.2, 0.25) is 10.0 Å². The number of halogens is 3. The van der Waals surface area contributed by atoms with Crippen LogP contribution in [0.1, 0.15) is 18.6 Å². The van der Waals surface area contributed by atoms with E-state index in [2.05, 4.69) is 0 Å². The van der Waals surface area contributed by atoms with Gasteiger partial charge in [-0.05, 0) is 25.1 Å². The molecule has 0 radical (unpaired) electrons. The van der Waals surface area contributed by atoms with Crippen LogP contribution in [0.25, 0.3) is 0 Å². The maximum atomic E-state index is 13.8. The Morgan fingerprint density at radius 2 is 1.84 bits per heavy atom. The molecule has 2 aromatic carbocycles. The number of hydrogen-bond acceptors (Lipinski definition) is 2. The second kappa shape index (κ2) is 5.78. The summed E-state index contributed by atoms with van der Waals surface area (Å²) in [6.45, 7) is 1.53. The highest BCUT2D eigenvalue weighted by atomic mass is 35.5. The highest BCUT2D eigenvalue weighted by Gasteiger charge is 2.16. The molecule has 0 saturated carbocycles. The van der Waals surface area contributed by atoms with Crippen molar-refractivity contribution in [1.29, 1.82) is 0 Å². The summed E-state index contributed by atoms with van der Waals surface area (Å²) in [6.07, 6.45) is -0.858. The average molecular weight is 301 g/mol. The number of aliphatic hydroxyl groups is 1. The van der Waals surface area contributed by atoms with Crippen molar-refractivity contribution in [1.82, 2.24) is 0 Å². The van der Waals surface area contributed by atoms with Crippen LogP contribution in [0.4, 0.5) is 4.39 Å². The lowest BCUT2D eigenvalue weighted by Crippen LogP contribution is -1.99. The molecule has 0 bridgehead atoms. The van der Waals surface area contributed by atoms with Gasteiger partial charge in [0.05, 0.1) is 11.1 Å². The van der Waals surface area contributed by atoms with Gasteiger partial charge in [0.1, 0.15) is 10.8 Å². The third-order valence-electron chi connectivity index (χ3n) is 2.58. The minimum absolute atomic E-state index is 0.0540. The van der Waals surface area contributed by atoms with Gasteiger partial charge in [-0.2, -0.15) is 0 Å². The predicted octanol–water partition coefficient (Wildman–Crippen LogP) is 4.98. The van der Waals surface area contributed by atoms with Crippen LogP contribution < -0.4 is 4.74 Å². The van der Waals surface area contributed by atoms with Crippen molar-refractivity contribution in [3.05, 3.63) is 57.8 Å². The summed E-state index contributed by atoms with van der Waals surface area (Å²) < 4.78 is 19.3. The number of para-hydroxylation sites is 1. The lowest BCUT2D eigenvalue weighted by molar-refractivity contribution is 0.194. The minimum Gasteiger partial charge on any atom is -0.452 e. The van der Waals surface area contributed by atoms with Crippen LogP contribution in [0.3, 0.4) is 0 Å². The van der Waals surface area contributed by atoms with Crippen LogP contribution in [0.5, 0.6) is 11.5 Å². The molecule has 0 aromatic heterocycles. The Kier molecular flexibility index (Phi) is 4.30. The van der Waals surface area contributed by atoms with Gasteiger partial charge in [0, 0.05) is 5.56 Å². The molecule has 0 aliphatic rings. The van der Waals surface area contributed by atoms with E-state index in [4.69, 9.17) is 27.9 Å². The van der Waals surface area contributed by atoms with E-state index in [-0.39, 0.29) is 16.5 Å². The van der Waals surface area contributed by atoms with Gasteiger partial charge in [-0.15, -0.1) is 0 Å². The molecule has 2 nitrogen and oxygen atoms in total. The molecule has 0 aliphatic heterocycles. The first-order valence-electron chi connectivity index (χ1n) is 5.59. The smallest absolute Gasteiger partial charge is 0.168 e. The Morgan fingerprint density at radius 1 is 1.16 bits per heavy atom. The fraction of sp³-hybridized carbons (Fsp3) is 0.143. The van der Waals surface area contributed by atoms with Gasteiger partial charge in [-0.3, -0.25) is 0 Å². The van der Waals surface area contributed by atoms with E-state index >= 15 is 0 Å². The fourth-order valence-corrected chi connectivity index (χ4v) is 1.97. The van der Waals surface area contributed by atoms with E-state index in [1.54, 1.807) is 24.3 Å². The predicted molar refractivity (Wildman–Crippen MR) is 73.6 cm³/mol. The summed E-state index contributed by atoms with van der Waals surface area (Å²) in [5, 5.41) is 10.1. The van der Waals surface area contributed by atoms with Gasteiger partial charge in [-0.1, -0.05) is 41.4 Å². The molecule has 1 N–H and O–H groups in total. The van der Waals surface area contributed by atoms with Crippen LogP contribution in [-0.4, -0.2) is 5.11 Å². The molecule has 0 saturated heterocycles. The summed E-state index contributed by atoms with van der Waals surface area (Å²) in [4.78, 5) is 0. The molecule has 0 amide bonds. The molecule has 0 heterocycles. The third kappa shape index (κ3) is 3.00. The van der Waals surface area contributed by atoms with Crippen molar-refractivity contribution in [2.24, 2.45) is 0 Å². The Labute approximate surface area is 120 Å². The van der Waals surface area contributed by atoms with Crippen molar-refractivity contribution in [2.75, 3.05) is 0 Å². The number of benzene rings is 2. The van der Waals surface area contributed by atoms with E-state index in [0.29, 0.717) is 10.6 Å². The van der Waals surface area contributed by atoms with E-state index in [1.807, 2.05) is 0 Å². The largest absolute Gasteiger partial charge is 0.452 e. The second-order valence-corrected chi connectivity index (χ2v) is 4.77. The van der Waals surface area contributed by atoms with Crippen molar-refractivity contribution < 1.29 is 14.2 Å². The van der Waals surface area contributed by atoms with Crippen LogP contribution in [0, 0.1) is 5.82 Å². The highest BCUT2D eigenvalue weighted by Crippen LogP contribution is 2.38. The zero-order valence-corrected chi connectivity index (χ0v) is 11.5. The van der Waals surface area contributed by atoms with Crippen molar-refractivity contribution >= 4 is 23.2 Å². The molecule has 19 heavy (non-hydrogen) atoms. The van der Waals surface area contributed by atoms with Gasteiger partial charge >= 0.3 is 0 Å². The average Bonchev–Trinajstić information content (AvgIpc) is 2.36. The SMILES string of the molecule is C[C@H](O)c1cccc(F)c1Oc1cccc(Cl)c1Cl. The first kappa shape index (κ1) is 14.1. The van der Waals surface area contributed by atoms with E-state index in [0.717, 1.165) is 0 Å². The molecule has 100 valence electrons. The van der Waals surface area contributed by atoms with Gasteiger partial charge in [-0.25, -0.2) is 4.39 Å². The Morgan fingerprint density at radius 3 is 2.53 bits per heavy atom. The summed E-state index contributed by atoms with van der Waals surface area (Å²) >= 11 is 11.9. The zero-order valence-electron chi connectivity index (χ0n) is 10.0. The molecule has 2 aromatic rings.